The number of hydrogen-bond acceptors (Lipinski definition) is 1. The molecule has 0 aliphatic carbocycles. The number of halogens is 1. The molecule has 4 heteroatoms. The zero-order chi connectivity index (χ0) is 13.1. The monoisotopic (exact) mass is 248 g/mol. The summed E-state index contributed by atoms with van der Waals surface area (Å²) in [7, 11) is 0. The van der Waals surface area contributed by atoms with Crippen molar-refractivity contribution in [1.82, 2.24) is 9.97 Å². The second-order valence-corrected chi connectivity index (χ2v) is 4.58. The van der Waals surface area contributed by atoms with Crippen LogP contribution in [0.15, 0.2) is 29.2 Å². The lowest BCUT2D eigenvalue weighted by atomic mass is 9.89. The molecule has 2 N–H and O–H groups in total. The van der Waals surface area contributed by atoms with Gasteiger partial charge in [0.2, 0.25) is 0 Å². The lowest BCUT2D eigenvalue weighted by Gasteiger charge is -2.17. The number of benzene rings is 1. The van der Waals surface area contributed by atoms with Crippen molar-refractivity contribution in [2.75, 3.05) is 0 Å². The number of aromatic nitrogens is 2. The van der Waals surface area contributed by atoms with Gasteiger partial charge in [0, 0.05) is 11.9 Å². The molecule has 0 spiro atoms. The van der Waals surface area contributed by atoms with E-state index in [-0.39, 0.29) is 17.4 Å². The van der Waals surface area contributed by atoms with Crippen LogP contribution < -0.4 is 5.69 Å². The SMILES string of the molecule is CCC(Cc1c[nH]c(=O)[nH]1)c1ccc(F)cc1C. The number of nitrogens with one attached hydrogen (secondary N) is 2. The van der Waals surface area contributed by atoms with Crippen LogP contribution in [-0.2, 0) is 6.42 Å². The van der Waals surface area contributed by atoms with E-state index in [2.05, 4.69) is 16.9 Å². The first-order valence-corrected chi connectivity index (χ1v) is 6.12. The summed E-state index contributed by atoms with van der Waals surface area (Å²) < 4.78 is 13.1. The minimum atomic E-state index is -0.207. The number of rotatable bonds is 4. The van der Waals surface area contributed by atoms with Crippen molar-refractivity contribution < 1.29 is 4.39 Å². The Labute approximate surface area is 105 Å². The summed E-state index contributed by atoms with van der Waals surface area (Å²) in [5, 5.41) is 0. The van der Waals surface area contributed by atoms with E-state index in [1.807, 2.05) is 13.0 Å². The van der Waals surface area contributed by atoms with Gasteiger partial charge in [0.15, 0.2) is 0 Å². The van der Waals surface area contributed by atoms with Gasteiger partial charge in [0.05, 0.1) is 0 Å². The second-order valence-electron chi connectivity index (χ2n) is 4.58. The number of hydrogen-bond donors (Lipinski definition) is 2. The Bertz CT molecular complexity index is 585. The third-order valence-corrected chi connectivity index (χ3v) is 3.28. The van der Waals surface area contributed by atoms with E-state index >= 15 is 0 Å². The molecule has 3 nitrogen and oxygen atoms in total. The number of aromatic amines is 2. The van der Waals surface area contributed by atoms with E-state index in [4.69, 9.17) is 0 Å². The molecule has 0 aliphatic rings. The molecule has 1 unspecified atom stereocenters. The third-order valence-electron chi connectivity index (χ3n) is 3.28. The fourth-order valence-corrected chi connectivity index (χ4v) is 2.32. The summed E-state index contributed by atoms with van der Waals surface area (Å²) in [5.74, 6) is 0.0817. The van der Waals surface area contributed by atoms with Crippen molar-refractivity contribution in [2.45, 2.75) is 32.6 Å². The van der Waals surface area contributed by atoms with Crippen molar-refractivity contribution in [2.24, 2.45) is 0 Å². The Morgan fingerprint density at radius 3 is 2.72 bits per heavy atom. The minimum absolute atomic E-state index is 0.185. The van der Waals surface area contributed by atoms with Crippen molar-refractivity contribution >= 4 is 0 Å². The summed E-state index contributed by atoms with van der Waals surface area (Å²) in [6.45, 7) is 4.01. The summed E-state index contributed by atoms with van der Waals surface area (Å²) in [5.41, 5.74) is 2.80. The lowest BCUT2D eigenvalue weighted by Crippen LogP contribution is -2.06. The highest BCUT2D eigenvalue weighted by Crippen LogP contribution is 2.26. The standard InChI is InChI=1S/C14H17FN2O/c1-3-10(7-12-8-16-14(18)17-12)13-5-4-11(15)6-9(13)2/h4-6,8,10H,3,7H2,1-2H3,(H2,16,17,18). The van der Waals surface area contributed by atoms with Gasteiger partial charge in [0.1, 0.15) is 5.82 Å². The van der Waals surface area contributed by atoms with Gasteiger partial charge in [-0.25, -0.2) is 9.18 Å². The summed E-state index contributed by atoms with van der Waals surface area (Å²) in [6, 6.07) is 4.88. The predicted molar refractivity (Wildman–Crippen MR) is 69.3 cm³/mol. The zero-order valence-electron chi connectivity index (χ0n) is 10.6. The largest absolute Gasteiger partial charge is 0.323 e. The zero-order valence-corrected chi connectivity index (χ0v) is 10.6. The van der Waals surface area contributed by atoms with Gasteiger partial charge in [0.25, 0.3) is 0 Å². The van der Waals surface area contributed by atoms with Gasteiger partial charge in [-0.15, -0.1) is 0 Å². The Balaban J connectivity index is 2.25. The molecular formula is C14H17FN2O. The Kier molecular flexibility index (Phi) is 3.65. The fourth-order valence-electron chi connectivity index (χ4n) is 2.32. The number of imidazole rings is 1. The quantitative estimate of drug-likeness (QED) is 0.858. The summed E-state index contributed by atoms with van der Waals surface area (Å²) >= 11 is 0. The van der Waals surface area contributed by atoms with Gasteiger partial charge < -0.3 is 9.97 Å². The normalized spacial score (nSPS) is 12.6. The van der Waals surface area contributed by atoms with Crippen LogP contribution in [0.3, 0.4) is 0 Å². The van der Waals surface area contributed by atoms with Crippen LogP contribution in [0.5, 0.6) is 0 Å². The average molecular weight is 248 g/mol. The van der Waals surface area contributed by atoms with E-state index in [0.29, 0.717) is 0 Å². The van der Waals surface area contributed by atoms with E-state index in [0.717, 1.165) is 29.7 Å². The van der Waals surface area contributed by atoms with Crippen LogP contribution in [-0.4, -0.2) is 9.97 Å². The molecule has 0 saturated carbocycles. The molecule has 0 bridgehead atoms. The molecule has 0 aliphatic heterocycles. The second kappa shape index (κ2) is 5.21. The van der Waals surface area contributed by atoms with Crippen LogP contribution in [0.4, 0.5) is 4.39 Å². The van der Waals surface area contributed by atoms with Crippen LogP contribution in [0.1, 0.15) is 36.1 Å². The van der Waals surface area contributed by atoms with E-state index in [9.17, 15) is 9.18 Å². The fraction of sp³-hybridized carbons (Fsp3) is 0.357. The van der Waals surface area contributed by atoms with E-state index < -0.39 is 0 Å². The number of H-pyrrole nitrogens is 2. The first-order chi connectivity index (χ1) is 8.60. The molecule has 2 rings (SSSR count). The molecule has 0 saturated heterocycles. The molecule has 0 amide bonds. The van der Waals surface area contributed by atoms with Gasteiger partial charge in [-0.3, -0.25) is 0 Å². The molecule has 0 fully saturated rings. The maximum Gasteiger partial charge on any atom is 0.323 e. The minimum Gasteiger partial charge on any atom is -0.313 e. The van der Waals surface area contributed by atoms with Gasteiger partial charge in [-0.05, 0) is 48.9 Å². The molecular weight excluding hydrogens is 231 g/mol. The molecule has 1 aromatic heterocycles. The van der Waals surface area contributed by atoms with Crippen molar-refractivity contribution in [3.05, 3.63) is 57.5 Å². The highest BCUT2D eigenvalue weighted by Gasteiger charge is 2.14. The van der Waals surface area contributed by atoms with Gasteiger partial charge >= 0.3 is 5.69 Å². The molecule has 1 aromatic carbocycles. The maximum absolute atomic E-state index is 13.1. The highest BCUT2D eigenvalue weighted by atomic mass is 19.1. The molecule has 0 radical (unpaired) electrons. The average Bonchev–Trinajstić information content (AvgIpc) is 2.72. The van der Waals surface area contributed by atoms with Crippen LogP contribution in [0.2, 0.25) is 0 Å². The maximum atomic E-state index is 13.1. The Morgan fingerprint density at radius 2 is 2.17 bits per heavy atom. The molecule has 18 heavy (non-hydrogen) atoms. The smallest absolute Gasteiger partial charge is 0.313 e. The predicted octanol–water partition coefficient (Wildman–Crippen LogP) is 2.89. The van der Waals surface area contributed by atoms with Gasteiger partial charge in [-0.2, -0.15) is 0 Å². The summed E-state index contributed by atoms with van der Waals surface area (Å²) in [6.07, 6.45) is 3.39. The lowest BCUT2D eigenvalue weighted by molar-refractivity contribution is 0.615. The Hall–Kier alpha value is -1.84. The molecule has 1 heterocycles. The highest BCUT2D eigenvalue weighted by molar-refractivity contribution is 5.30. The first kappa shape index (κ1) is 12.6. The topological polar surface area (TPSA) is 48.6 Å². The van der Waals surface area contributed by atoms with Crippen molar-refractivity contribution in [3.63, 3.8) is 0 Å². The first-order valence-electron chi connectivity index (χ1n) is 6.12. The van der Waals surface area contributed by atoms with E-state index in [1.54, 1.807) is 12.3 Å². The van der Waals surface area contributed by atoms with E-state index in [1.165, 1.54) is 6.07 Å². The van der Waals surface area contributed by atoms with Crippen LogP contribution in [0, 0.1) is 12.7 Å². The van der Waals surface area contributed by atoms with Crippen LogP contribution in [0.25, 0.3) is 0 Å². The van der Waals surface area contributed by atoms with Crippen LogP contribution >= 0.6 is 0 Å². The molecule has 96 valence electrons. The number of aryl methyl sites for hydroxylation is 1. The molecule has 2 aromatic rings. The van der Waals surface area contributed by atoms with Crippen molar-refractivity contribution in [1.29, 1.82) is 0 Å². The molecule has 1 atom stereocenters. The Morgan fingerprint density at radius 1 is 1.39 bits per heavy atom. The third kappa shape index (κ3) is 2.70. The van der Waals surface area contributed by atoms with Crippen molar-refractivity contribution in [3.8, 4) is 0 Å². The summed E-state index contributed by atoms with van der Waals surface area (Å²) in [4.78, 5) is 16.4. The van der Waals surface area contributed by atoms with Gasteiger partial charge in [-0.1, -0.05) is 13.0 Å².